The summed E-state index contributed by atoms with van der Waals surface area (Å²) in [6, 6.07) is 16.6. The minimum atomic E-state index is -4.19. The molecular weight excluding hydrogens is 593 g/mol. The molecule has 0 spiro atoms. The number of hydrogen-bond acceptors (Lipinski definition) is 4. The quantitative estimate of drug-likeness (QED) is 0.295. The van der Waals surface area contributed by atoms with Crippen LogP contribution in [0, 0.1) is 6.92 Å². The fraction of sp³-hybridized carbons (Fsp3) is 0.310. The van der Waals surface area contributed by atoms with Crippen molar-refractivity contribution in [3.63, 3.8) is 0 Å². The van der Waals surface area contributed by atoms with Crippen molar-refractivity contribution >= 4 is 62.3 Å². The monoisotopic (exact) mass is 623 g/mol. The maximum absolute atomic E-state index is 14.0. The summed E-state index contributed by atoms with van der Waals surface area (Å²) >= 11 is 18.5. The van der Waals surface area contributed by atoms with Crippen LogP contribution in [0.25, 0.3) is 0 Å². The molecule has 0 aliphatic rings. The van der Waals surface area contributed by atoms with Gasteiger partial charge in [-0.3, -0.25) is 13.9 Å². The van der Waals surface area contributed by atoms with Gasteiger partial charge in [0.25, 0.3) is 10.0 Å². The highest BCUT2D eigenvalue weighted by atomic mass is 35.5. The summed E-state index contributed by atoms with van der Waals surface area (Å²) in [5.41, 5.74) is 0.927. The molecule has 11 heteroatoms. The molecule has 214 valence electrons. The van der Waals surface area contributed by atoms with E-state index < -0.39 is 40.0 Å². The van der Waals surface area contributed by atoms with E-state index in [0.717, 1.165) is 4.31 Å². The number of sulfonamides is 1. The number of nitrogens with zero attached hydrogens (tertiary/aromatic N) is 2. The molecule has 1 N–H and O–H groups in total. The van der Waals surface area contributed by atoms with Crippen LogP contribution >= 0.6 is 34.8 Å². The highest BCUT2D eigenvalue weighted by Crippen LogP contribution is 2.30. The number of hydrogen-bond donors (Lipinski definition) is 1. The van der Waals surface area contributed by atoms with Crippen LogP contribution in [0.4, 0.5) is 5.69 Å². The molecule has 3 aromatic rings. The molecule has 7 nitrogen and oxygen atoms in total. The molecule has 0 heterocycles. The van der Waals surface area contributed by atoms with Gasteiger partial charge in [-0.1, -0.05) is 65.1 Å². The van der Waals surface area contributed by atoms with Crippen LogP contribution < -0.4 is 9.62 Å². The Kier molecular flexibility index (Phi) is 10.2. The zero-order valence-electron chi connectivity index (χ0n) is 22.9. The largest absolute Gasteiger partial charge is 0.350 e. The second-order valence-corrected chi connectivity index (χ2v) is 13.6. The van der Waals surface area contributed by atoms with Gasteiger partial charge in [-0.2, -0.15) is 0 Å². The molecule has 0 fully saturated rings. The highest BCUT2D eigenvalue weighted by Gasteiger charge is 2.34. The summed E-state index contributed by atoms with van der Waals surface area (Å²) in [7, 11) is -4.19. The second kappa shape index (κ2) is 12.8. The lowest BCUT2D eigenvalue weighted by Crippen LogP contribution is -2.54. The van der Waals surface area contributed by atoms with Crippen LogP contribution in [0.1, 0.15) is 38.8 Å². The third kappa shape index (κ3) is 7.91. The zero-order valence-corrected chi connectivity index (χ0v) is 26.0. The lowest BCUT2D eigenvalue weighted by molar-refractivity contribution is -0.140. The van der Waals surface area contributed by atoms with E-state index >= 15 is 0 Å². The number of aryl methyl sites for hydroxylation is 1. The number of carbonyl (C=O) groups excluding carboxylic acids is 2. The molecule has 0 unspecified atom stereocenters. The average molecular weight is 625 g/mol. The Hall–Kier alpha value is -2.78. The molecule has 3 aromatic carbocycles. The van der Waals surface area contributed by atoms with Gasteiger partial charge in [0.1, 0.15) is 12.6 Å². The van der Waals surface area contributed by atoms with Crippen molar-refractivity contribution in [2.75, 3.05) is 10.8 Å². The zero-order chi connectivity index (χ0) is 29.8. The lowest BCUT2D eigenvalue weighted by atomic mass is 10.1. The van der Waals surface area contributed by atoms with Crippen molar-refractivity contribution in [2.45, 2.75) is 57.6 Å². The second-order valence-electron chi connectivity index (χ2n) is 10.4. The molecule has 0 aromatic heterocycles. The van der Waals surface area contributed by atoms with Crippen LogP contribution in [0.3, 0.4) is 0 Å². The van der Waals surface area contributed by atoms with Crippen LogP contribution in [-0.4, -0.2) is 43.3 Å². The predicted octanol–water partition coefficient (Wildman–Crippen LogP) is 6.48. The minimum Gasteiger partial charge on any atom is -0.350 e. The van der Waals surface area contributed by atoms with E-state index in [1.165, 1.54) is 23.1 Å². The molecule has 0 bridgehead atoms. The van der Waals surface area contributed by atoms with Gasteiger partial charge in [-0.25, -0.2) is 8.42 Å². The van der Waals surface area contributed by atoms with E-state index in [2.05, 4.69) is 5.32 Å². The predicted molar refractivity (Wildman–Crippen MR) is 162 cm³/mol. The van der Waals surface area contributed by atoms with Gasteiger partial charge in [-0.15, -0.1) is 0 Å². The maximum atomic E-state index is 14.0. The van der Waals surface area contributed by atoms with E-state index in [4.69, 9.17) is 34.8 Å². The van der Waals surface area contributed by atoms with Crippen LogP contribution in [0.5, 0.6) is 0 Å². The average Bonchev–Trinajstić information content (AvgIpc) is 2.88. The summed E-state index contributed by atoms with van der Waals surface area (Å²) in [5, 5.41) is 3.84. The van der Waals surface area contributed by atoms with Crippen LogP contribution in [0.2, 0.25) is 15.1 Å². The van der Waals surface area contributed by atoms with Crippen molar-refractivity contribution in [1.29, 1.82) is 0 Å². The van der Waals surface area contributed by atoms with Crippen LogP contribution in [0.15, 0.2) is 71.6 Å². The highest BCUT2D eigenvalue weighted by molar-refractivity contribution is 7.92. The first kappa shape index (κ1) is 31.7. The first-order valence-corrected chi connectivity index (χ1v) is 15.1. The smallest absolute Gasteiger partial charge is 0.264 e. The van der Waals surface area contributed by atoms with Gasteiger partial charge in [0.15, 0.2) is 0 Å². The van der Waals surface area contributed by atoms with Crippen molar-refractivity contribution < 1.29 is 18.0 Å². The number of amides is 2. The summed E-state index contributed by atoms with van der Waals surface area (Å²) in [5.74, 6) is -0.987. The third-order valence-electron chi connectivity index (χ3n) is 6.05. The molecule has 0 aliphatic heterocycles. The topological polar surface area (TPSA) is 86.8 Å². The number of benzene rings is 3. The number of anilines is 1. The van der Waals surface area contributed by atoms with Crippen molar-refractivity contribution in [3.8, 4) is 0 Å². The summed E-state index contributed by atoms with van der Waals surface area (Å²) in [4.78, 5) is 28.5. The fourth-order valence-electron chi connectivity index (χ4n) is 3.98. The van der Waals surface area contributed by atoms with Crippen LogP contribution in [-0.2, 0) is 26.2 Å². The Morgan fingerprint density at radius 1 is 0.925 bits per heavy atom. The summed E-state index contributed by atoms with van der Waals surface area (Å²) in [6.07, 6.45) is 0. The lowest BCUT2D eigenvalue weighted by Gasteiger charge is -2.34. The Labute approximate surface area is 251 Å². The Morgan fingerprint density at radius 3 is 2.17 bits per heavy atom. The first-order valence-electron chi connectivity index (χ1n) is 12.5. The van der Waals surface area contributed by atoms with E-state index in [1.807, 2.05) is 20.8 Å². The third-order valence-corrected chi connectivity index (χ3v) is 8.80. The van der Waals surface area contributed by atoms with Gasteiger partial charge in [0.2, 0.25) is 11.8 Å². The molecule has 40 heavy (non-hydrogen) atoms. The molecule has 2 amide bonds. The SMILES string of the molecule is Cc1ccc(Cl)cc1N(CC(=O)N(Cc1ccc(Cl)c(Cl)c1)[C@@H](C)C(=O)NC(C)(C)C)S(=O)(=O)c1ccccc1. The van der Waals surface area contributed by atoms with Gasteiger partial charge in [0, 0.05) is 17.1 Å². The van der Waals surface area contributed by atoms with E-state index in [-0.39, 0.29) is 17.1 Å². The summed E-state index contributed by atoms with van der Waals surface area (Å²) < 4.78 is 28.8. The molecule has 0 saturated heterocycles. The van der Waals surface area contributed by atoms with Gasteiger partial charge >= 0.3 is 0 Å². The minimum absolute atomic E-state index is 0.0109. The normalized spacial score (nSPS) is 12.5. The molecule has 0 saturated carbocycles. The number of nitrogens with one attached hydrogen (secondary N) is 1. The summed E-state index contributed by atoms with van der Waals surface area (Å²) in [6.45, 7) is 8.24. The van der Waals surface area contributed by atoms with Crippen molar-refractivity contribution in [1.82, 2.24) is 10.2 Å². The van der Waals surface area contributed by atoms with E-state index in [1.54, 1.807) is 62.4 Å². The Bertz CT molecular complexity index is 1490. The maximum Gasteiger partial charge on any atom is 0.264 e. The standard InChI is InChI=1S/C29H32Cl3N3O4S/c1-19-11-13-22(30)16-26(19)35(40(38,39)23-9-7-6-8-10-23)18-27(36)34(20(2)28(37)33-29(3,4)5)17-21-12-14-24(31)25(32)15-21/h6-16,20H,17-18H2,1-5H3,(H,33,37)/t20-/m0/s1. The number of carbonyl (C=O) groups is 2. The van der Waals surface area contributed by atoms with E-state index in [0.29, 0.717) is 26.2 Å². The van der Waals surface area contributed by atoms with Gasteiger partial charge in [-0.05, 0) is 82.1 Å². The molecule has 3 rings (SSSR count). The molecule has 0 radical (unpaired) electrons. The molecule has 0 aliphatic carbocycles. The first-order chi connectivity index (χ1) is 18.6. The fourth-order valence-corrected chi connectivity index (χ4v) is 5.95. The van der Waals surface area contributed by atoms with Crippen molar-refractivity contribution in [3.05, 3.63) is 92.9 Å². The van der Waals surface area contributed by atoms with Crippen molar-refractivity contribution in [2.24, 2.45) is 0 Å². The molecule has 1 atom stereocenters. The Morgan fingerprint density at radius 2 is 1.57 bits per heavy atom. The Balaban J connectivity index is 2.08. The number of halogens is 3. The van der Waals surface area contributed by atoms with E-state index in [9.17, 15) is 18.0 Å². The molecular formula is C29H32Cl3N3O4S. The number of rotatable bonds is 9. The van der Waals surface area contributed by atoms with Gasteiger partial charge < -0.3 is 10.2 Å². The van der Waals surface area contributed by atoms with Gasteiger partial charge in [0.05, 0.1) is 20.6 Å².